The van der Waals surface area contributed by atoms with E-state index in [1.165, 1.54) is 6.07 Å². The molecule has 1 fully saturated rings. The molecule has 5 nitrogen and oxygen atoms in total. The van der Waals surface area contributed by atoms with Gasteiger partial charge < -0.3 is 20.1 Å². The van der Waals surface area contributed by atoms with Gasteiger partial charge in [-0.15, -0.1) is 0 Å². The number of hydrogen-bond acceptors (Lipinski definition) is 3. The van der Waals surface area contributed by atoms with Gasteiger partial charge in [-0.3, -0.25) is 0 Å². The van der Waals surface area contributed by atoms with Gasteiger partial charge in [0.1, 0.15) is 5.75 Å². The Morgan fingerprint density at radius 1 is 1.48 bits per heavy atom. The highest BCUT2D eigenvalue weighted by Gasteiger charge is 2.27. The van der Waals surface area contributed by atoms with Gasteiger partial charge in [0.25, 0.3) is 0 Å². The van der Waals surface area contributed by atoms with E-state index in [9.17, 15) is 18.7 Å². The molecule has 1 saturated heterocycles. The molecule has 0 aliphatic carbocycles. The number of nitrogens with one attached hydrogen (secondary N) is 1. The molecule has 7 heteroatoms. The van der Waals surface area contributed by atoms with Gasteiger partial charge in [0, 0.05) is 18.7 Å². The minimum absolute atomic E-state index is 0.0490. The molecule has 1 aliphatic heterocycles. The molecule has 2 rings (SSSR count). The van der Waals surface area contributed by atoms with Gasteiger partial charge in [-0.2, -0.15) is 8.78 Å². The number of likely N-dealkylation sites (tertiary alicyclic amines) is 1. The molecular weight excluding hydrogens is 282 g/mol. The Bertz CT molecular complexity index is 485. The number of alkyl halides is 2. The standard InChI is InChI=1S/C14H18F2N2O3/c15-13(16)21-12-6-2-1-4-10(12)8-17-14(20)18-7-3-5-11(18)9-19/h1-2,4,6,11,13,19H,3,5,7-9H2,(H,17,20). The SMILES string of the molecule is O=C(NCc1ccccc1OC(F)F)N1CCCC1CO. The highest BCUT2D eigenvalue weighted by molar-refractivity contribution is 5.75. The van der Waals surface area contributed by atoms with E-state index in [2.05, 4.69) is 10.1 Å². The van der Waals surface area contributed by atoms with Crippen LogP contribution in [0.5, 0.6) is 5.75 Å². The van der Waals surface area contributed by atoms with Crippen molar-refractivity contribution in [1.82, 2.24) is 10.2 Å². The lowest BCUT2D eigenvalue weighted by atomic mass is 10.2. The molecular formula is C14H18F2N2O3. The van der Waals surface area contributed by atoms with Crippen molar-refractivity contribution in [3.05, 3.63) is 29.8 Å². The van der Waals surface area contributed by atoms with E-state index < -0.39 is 6.61 Å². The van der Waals surface area contributed by atoms with Crippen LogP contribution in [0.4, 0.5) is 13.6 Å². The number of carbonyl (C=O) groups is 1. The number of para-hydroxylation sites is 1. The van der Waals surface area contributed by atoms with Crippen molar-refractivity contribution >= 4 is 6.03 Å². The quantitative estimate of drug-likeness (QED) is 0.874. The van der Waals surface area contributed by atoms with E-state index >= 15 is 0 Å². The molecule has 21 heavy (non-hydrogen) atoms. The summed E-state index contributed by atoms with van der Waals surface area (Å²) in [5.41, 5.74) is 0.478. The van der Waals surface area contributed by atoms with Crippen LogP contribution in [-0.2, 0) is 6.54 Å². The molecule has 0 aromatic heterocycles. The molecule has 0 radical (unpaired) electrons. The summed E-state index contributed by atoms with van der Waals surface area (Å²) in [6, 6.07) is 5.85. The summed E-state index contributed by atoms with van der Waals surface area (Å²) in [5.74, 6) is 0.0490. The van der Waals surface area contributed by atoms with Crippen molar-refractivity contribution in [1.29, 1.82) is 0 Å². The molecule has 1 atom stereocenters. The zero-order valence-corrected chi connectivity index (χ0v) is 11.5. The predicted octanol–water partition coefficient (Wildman–Crippen LogP) is 1.95. The van der Waals surface area contributed by atoms with Crippen LogP contribution in [0.1, 0.15) is 18.4 Å². The molecule has 1 heterocycles. The van der Waals surface area contributed by atoms with Gasteiger partial charge in [-0.05, 0) is 18.9 Å². The zero-order valence-electron chi connectivity index (χ0n) is 11.5. The maximum absolute atomic E-state index is 12.3. The van der Waals surface area contributed by atoms with Crippen molar-refractivity contribution in [2.45, 2.75) is 32.0 Å². The van der Waals surface area contributed by atoms with Crippen LogP contribution in [0.15, 0.2) is 24.3 Å². The average Bonchev–Trinajstić information content (AvgIpc) is 2.94. The van der Waals surface area contributed by atoms with Crippen LogP contribution in [0, 0.1) is 0 Å². The third kappa shape index (κ3) is 4.04. The van der Waals surface area contributed by atoms with Crippen LogP contribution in [-0.4, -0.2) is 41.8 Å². The Morgan fingerprint density at radius 3 is 2.95 bits per heavy atom. The van der Waals surface area contributed by atoms with E-state index in [4.69, 9.17) is 0 Å². The van der Waals surface area contributed by atoms with E-state index in [0.717, 1.165) is 12.8 Å². The molecule has 0 saturated carbocycles. The minimum atomic E-state index is -2.90. The van der Waals surface area contributed by atoms with Crippen LogP contribution >= 0.6 is 0 Å². The number of rotatable bonds is 5. The molecule has 116 valence electrons. The number of aliphatic hydroxyl groups is 1. The number of ether oxygens (including phenoxy) is 1. The lowest BCUT2D eigenvalue weighted by Crippen LogP contribution is -2.43. The number of nitrogens with zero attached hydrogens (tertiary/aromatic N) is 1. The number of urea groups is 1. The number of carbonyl (C=O) groups excluding carboxylic acids is 1. The van der Waals surface area contributed by atoms with Crippen LogP contribution in [0.3, 0.4) is 0 Å². The maximum Gasteiger partial charge on any atom is 0.387 e. The van der Waals surface area contributed by atoms with Gasteiger partial charge in [0.05, 0.1) is 12.6 Å². The van der Waals surface area contributed by atoms with Crippen molar-refractivity contribution in [2.24, 2.45) is 0 Å². The average molecular weight is 300 g/mol. The second-order valence-electron chi connectivity index (χ2n) is 4.82. The summed E-state index contributed by atoms with van der Waals surface area (Å²) in [6.07, 6.45) is 1.62. The Morgan fingerprint density at radius 2 is 2.24 bits per heavy atom. The number of amides is 2. The fourth-order valence-electron chi connectivity index (χ4n) is 2.43. The lowest BCUT2D eigenvalue weighted by molar-refractivity contribution is -0.0504. The van der Waals surface area contributed by atoms with Crippen molar-refractivity contribution in [3.8, 4) is 5.75 Å². The monoisotopic (exact) mass is 300 g/mol. The normalized spacial score (nSPS) is 18.1. The van der Waals surface area contributed by atoms with Gasteiger partial charge in [0.2, 0.25) is 0 Å². The number of benzene rings is 1. The fourth-order valence-corrected chi connectivity index (χ4v) is 2.43. The summed E-state index contributed by atoms with van der Waals surface area (Å²) in [4.78, 5) is 13.6. The number of halogens is 2. The first-order chi connectivity index (χ1) is 10.1. The summed E-state index contributed by atoms with van der Waals surface area (Å²) in [5, 5.41) is 11.9. The first-order valence-electron chi connectivity index (χ1n) is 6.80. The Hall–Kier alpha value is -1.89. The Labute approximate surface area is 121 Å². The molecule has 1 aliphatic rings. The van der Waals surface area contributed by atoms with Gasteiger partial charge in [-0.1, -0.05) is 18.2 Å². The largest absolute Gasteiger partial charge is 0.434 e. The summed E-state index contributed by atoms with van der Waals surface area (Å²) >= 11 is 0. The van der Waals surface area contributed by atoms with Crippen molar-refractivity contribution in [2.75, 3.05) is 13.2 Å². The van der Waals surface area contributed by atoms with Crippen LogP contribution in [0.2, 0.25) is 0 Å². The topological polar surface area (TPSA) is 61.8 Å². The highest BCUT2D eigenvalue weighted by Crippen LogP contribution is 2.21. The van der Waals surface area contributed by atoms with E-state index in [-0.39, 0.29) is 31.0 Å². The highest BCUT2D eigenvalue weighted by atomic mass is 19.3. The molecule has 1 aromatic rings. The second kappa shape index (κ2) is 7.21. The molecule has 2 amide bonds. The van der Waals surface area contributed by atoms with E-state index in [1.54, 1.807) is 23.1 Å². The third-order valence-corrected chi connectivity index (χ3v) is 3.47. The van der Waals surface area contributed by atoms with Gasteiger partial charge >= 0.3 is 12.6 Å². The lowest BCUT2D eigenvalue weighted by Gasteiger charge is -2.23. The van der Waals surface area contributed by atoms with Gasteiger partial charge in [0.15, 0.2) is 0 Å². The molecule has 1 aromatic carbocycles. The van der Waals surface area contributed by atoms with Gasteiger partial charge in [-0.25, -0.2) is 4.79 Å². The summed E-state index contributed by atoms with van der Waals surface area (Å²) in [6.45, 7) is -2.29. The van der Waals surface area contributed by atoms with Crippen LogP contribution in [0.25, 0.3) is 0 Å². The Balaban J connectivity index is 1.95. The number of aliphatic hydroxyl groups excluding tert-OH is 1. The third-order valence-electron chi connectivity index (χ3n) is 3.47. The first kappa shape index (κ1) is 15.5. The fraction of sp³-hybridized carbons (Fsp3) is 0.500. The van der Waals surface area contributed by atoms with Crippen molar-refractivity contribution < 1.29 is 23.4 Å². The number of hydrogen-bond donors (Lipinski definition) is 2. The summed E-state index contributed by atoms with van der Waals surface area (Å²) < 4.78 is 29.0. The van der Waals surface area contributed by atoms with E-state index in [0.29, 0.717) is 12.1 Å². The predicted molar refractivity (Wildman–Crippen MR) is 72.1 cm³/mol. The molecule has 1 unspecified atom stereocenters. The molecule has 0 spiro atoms. The maximum atomic E-state index is 12.3. The van der Waals surface area contributed by atoms with Crippen molar-refractivity contribution in [3.63, 3.8) is 0 Å². The zero-order chi connectivity index (χ0) is 15.2. The van der Waals surface area contributed by atoms with Crippen LogP contribution < -0.4 is 10.1 Å². The molecule has 0 bridgehead atoms. The van der Waals surface area contributed by atoms with E-state index in [1.807, 2.05) is 0 Å². The summed E-state index contributed by atoms with van der Waals surface area (Å²) in [7, 11) is 0. The smallest absolute Gasteiger partial charge is 0.387 e. The Kier molecular flexibility index (Phi) is 5.32. The first-order valence-corrected chi connectivity index (χ1v) is 6.80. The molecule has 2 N–H and O–H groups in total. The second-order valence-corrected chi connectivity index (χ2v) is 4.82. The minimum Gasteiger partial charge on any atom is -0.434 e.